The minimum Gasteiger partial charge on any atom is -0.342 e. The average molecular weight is 212 g/mol. The van der Waals surface area contributed by atoms with Crippen molar-refractivity contribution in [3.05, 3.63) is 0 Å². The number of nitrogens with two attached hydrogens (primary N) is 1. The molecule has 0 unspecified atom stereocenters. The molecule has 15 heavy (non-hydrogen) atoms. The summed E-state index contributed by atoms with van der Waals surface area (Å²) in [5, 5.41) is 0. The van der Waals surface area contributed by atoms with Gasteiger partial charge in [0.1, 0.15) is 0 Å². The Hall–Kier alpha value is -0.770. The summed E-state index contributed by atoms with van der Waals surface area (Å²) in [4.78, 5) is 6.35. The first-order valence-electron chi connectivity index (χ1n) is 5.67. The fraction of sp³-hybridized carbons (Fsp3) is 0.909. The highest BCUT2D eigenvalue weighted by Crippen LogP contribution is 2.34. The van der Waals surface area contributed by atoms with E-state index in [4.69, 9.17) is 5.84 Å². The molecule has 1 aliphatic rings. The molecule has 3 N–H and O–H groups in total. The minimum absolute atomic E-state index is 0.422. The van der Waals surface area contributed by atoms with E-state index in [9.17, 15) is 0 Å². The number of aliphatic imine (C=N–C) groups is 1. The summed E-state index contributed by atoms with van der Waals surface area (Å²) in [5.74, 6) is 7.03. The van der Waals surface area contributed by atoms with E-state index in [1.807, 2.05) is 0 Å². The zero-order valence-electron chi connectivity index (χ0n) is 10.4. The zero-order chi connectivity index (χ0) is 11.5. The predicted molar refractivity (Wildman–Crippen MR) is 64.4 cm³/mol. The standard InChI is InChI=1S/C11H24N4/c1-11(2,3)9-5-7-15(8-6-9)10(13-4)14-12/h9H,5-8,12H2,1-4H3,(H,13,14). The maximum absolute atomic E-state index is 5.41. The molecule has 1 rings (SSSR count). The van der Waals surface area contributed by atoms with Gasteiger partial charge in [-0.15, -0.1) is 0 Å². The van der Waals surface area contributed by atoms with Crippen molar-refractivity contribution >= 4 is 5.96 Å². The van der Waals surface area contributed by atoms with Crippen LogP contribution in [0.3, 0.4) is 0 Å². The monoisotopic (exact) mass is 212 g/mol. The number of hydrogen-bond donors (Lipinski definition) is 2. The van der Waals surface area contributed by atoms with Gasteiger partial charge in [0.2, 0.25) is 5.96 Å². The maximum atomic E-state index is 5.41. The molecule has 4 heteroatoms. The largest absolute Gasteiger partial charge is 0.342 e. The summed E-state index contributed by atoms with van der Waals surface area (Å²) in [6.07, 6.45) is 2.45. The highest BCUT2D eigenvalue weighted by Gasteiger charge is 2.29. The van der Waals surface area contributed by atoms with E-state index in [-0.39, 0.29) is 0 Å². The Morgan fingerprint density at radius 2 is 1.87 bits per heavy atom. The highest BCUT2D eigenvalue weighted by molar-refractivity contribution is 5.79. The van der Waals surface area contributed by atoms with Gasteiger partial charge in [-0.25, -0.2) is 5.84 Å². The second-order valence-electron chi connectivity index (χ2n) is 5.32. The number of nitrogens with one attached hydrogen (secondary N) is 1. The first-order chi connectivity index (χ1) is 6.99. The quantitative estimate of drug-likeness (QED) is 0.274. The van der Waals surface area contributed by atoms with Crippen molar-refractivity contribution in [2.75, 3.05) is 20.1 Å². The van der Waals surface area contributed by atoms with E-state index in [2.05, 4.69) is 36.1 Å². The van der Waals surface area contributed by atoms with Crippen LogP contribution in [0.2, 0.25) is 0 Å². The summed E-state index contributed by atoms with van der Waals surface area (Å²) in [6.45, 7) is 9.08. The van der Waals surface area contributed by atoms with Crippen LogP contribution in [0.1, 0.15) is 33.6 Å². The van der Waals surface area contributed by atoms with Gasteiger partial charge in [-0.3, -0.25) is 10.4 Å². The fourth-order valence-corrected chi connectivity index (χ4v) is 2.25. The third-order valence-electron chi connectivity index (χ3n) is 3.36. The van der Waals surface area contributed by atoms with Gasteiger partial charge < -0.3 is 4.90 Å². The number of hydrazine groups is 1. The minimum atomic E-state index is 0.422. The molecule has 0 bridgehead atoms. The van der Waals surface area contributed by atoms with Gasteiger partial charge in [0.15, 0.2) is 0 Å². The van der Waals surface area contributed by atoms with Gasteiger partial charge in [-0.05, 0) is 24.2 Å². The van der Waals surface area contributed by atoms with Crippen molar-refractivity contribution in [2.45, 2.75) is 33.6 Å². The van der Waals surface area contributed by atoms with Crippen molar-refractivity contribution in [3.63, 3.8) is 0 Å². The molecule has 0 saturated carbocycles. The SMILES string of the molecule is CN=C(NN)N1CCC(C(C)(C)C)CC1. The molecule has 1 saturated heterocycles. The lowest BCUT2D eigenvalue weighted by Gasteiger charge is -2.39. The summed E-state index contributed by atoms with van der Waals surface area (Å²) in [5.41, 5.74) is 3.07. The number of likely N-dealkylation sites (tertiary alicyclic amines) is 1. The highest BCUT2D eigenvalue weighted by atomic mass is 15.4. The van der Waals surface area contributed by atoms with Crippen LogP contribution in [0.25, 0.3) is 0 Å². The average Bonchev–Trinajstić information content (AvgIpc) is 2.19. The van der Waals surface area contributed by atoms with Crippen LogP contribution in [-0.4, -0.2) is 31.0 Å². The Morgan fingerprint density at radius 1 is 1.33 bits per heavy atom. The molecule has 4 nitrogen and oxygen atoms in total. The van der Waals surface area contributed by atoms with E-state index in [1.54, 1.807) is 7.05 Å². The van der Waals surface area contributed by atoms with E-state index >= 15 is 0 Å². The van der Waals surface area contributed by atoms with Gasteiger partial charge >= 0.3 is 0 Å². The van der Waals surface area contributed by atoms with Crippen molar-refractivity contribution in [1.29, 1.82) is 0 Å². The predicted octanol–water partition coefficient (Wildman–Crippen LogP) is 1.19. The summed E-state index contributed by atoms with van der Waals surface area (Å²) in [7, 11) is 1.77. The smallest absolute Gasteiger partial charge is 0.208 e. The fourth-order valence-electron chi connectivity index (χ4n) is 2.25. The lowest BCUT2D eigenvalue weighted by Crippen LogP contribution is -2.49. The molecule has 0 radical (unpaired) electrons. The Kier molecular flexibility index (Phi) is 3.97. The second-order valence-corrected chi connectivity index (χ2v) is 5.32. The van der Waals surface area contributed by atoms with Gasteiger partial charge in [0.05, 0.1) is 0 Å². The van der Waals surface area contributed by atoms with E-state index < -0.39 is 0 Å². The maximum Gasteiger partial charge on any atom is 0.208 e. The Bertz CT molecular complexity index is 221. The summed E-state index contributed by atoms with van der Waals surface area (Å²) >= 11 is 0. The van der Waals surface area contributed by atoms with Crippen LogP contribution in [0.4, 0.5) is 0 Å². The van der Waals surface area contributed by atoms with Crippen LogP contribution in [-0.2, 0) is 0 Å². The first-order valence-corrected chi connectivity index (χ1v) is 5.67. The van der Waals surface area contributed by atoms with Crippen LogP contribution in [0.15, 0.2) is 4.99 Å². The molecule has 0 aliphatic carbocycles. The normalized spacial score (nSPS) is 20.6. The molecule has 0 aromatic heterocycles. The van der Waals surface area contributed by atoms with Crippen LogP contribution >= 0.6 is 0 Å². The molecule has 1 fully saturated rings. The molecule has 88 valence electrons. The number of nitrogens with zero attached hydrogens (tertiary/aromatic N) is 2. The molecule has 0 atom stereocenters. The van der Waals surface area contributed by atoms with Crippen molar-refractivity contribution in [1.82, 2.24) is 10.3 Å². The number of rotatable bonds is 0. The molecule has 0 amide bonds. The van der Waals surface area contributed by atoms with Crippen LogP contribution in [0.5, 0.6) is 0 Å². The van der Waals surface area contributed by atoms with Crippen LogP contribution in [0, 0.1) is 11.3 Å². The Labute approximate surface area is 92.9 Å². The van der Waals surface area contributed by atoms with E-state index in [0.717, 1.165) is 25.0 Å². The molecule has 0 aromatic carbocycles. The first kappa shape index (κ1) is 12.3. The Balaban J connectivity index is 2.49. The number of hydrogen-bond acceptors (Lipinski definition) is 2. The molecular formula is C11H24N4. The molecular weight excluding hydrogens is 188 g/mol. The van der Waals surface area contributed by atoms with Crippen molar-refractivity contribution in [3.8, 4) is 0 Å². The Morgan fingerprint density at radius 3 is 2.20 bits per heavy atom. The number of piperidine rings is 1. The molecule has 1 heterocycles. The molecule has 1 aliphatic heterocycles. The van der Waals surface area contributed by atoms with Crippen LogP contribution < -0.4 is 11.3 Å². The van der Waals surface area contributed by atoms with Gasteiger partial charge in [-0.2, -0.15) is 0 Å². The van der Waals surface area contributed by atoms with Crippen molar-refractivity contribution in [2.24, 2.45) is 22.2 Å². The summed E-state index contributed by atoms with van der Waals surface area (Å²) in [6, 6.07) is 0. The second kappa shape index (κ2) is 4.84. The van der Waals surface area contributed by atoms with Crippen molar-refractivity contribution < 1.29 is 0 Å². The lowest BCUT2D eigenvalue weighted by molar-refractivity contribution is 0.147. The third kappa shape index (κ3) is 3.09. The van der Waals surface area contributed by atoms with Gasteiger partial charge in [-0.1, -0.05) is 20.8 Å². The van der Waals surface area contributed by atoms with Gasteiger partial charge in [0.25, 0.3) is 0 Å². The third-order valence-corrected chi connectivity index (χ3v) is 3.36. The van der Waals surface area contributed by atoms with E-state index in [1.165, 1.54) is 12.8 Å². The molecule has 0 spiro atoms. The van der Waals surface area contributed by atoms with Gasteiger partial charge in [0, 0.05) is 20.1 Å². The molecule has 0 aromatic rings. The number of guanidine groups is 1. The van der Waals surface area contributed by atoms with E-state index in [0.29, 0.717) is 5.41 Å². The zero-order valence-corrected chi connectivity index (χ0v) is 10.4. The summed E-state index contributed by atoms with van der Waals surface area (Å²) < 4.78 is 0. The topological polar surface area (TPSA) is 53.6 Å². The lowest BCUT2D eigenvalue weighted by atomic mass is 9.75.